The van der Waals surface area contributed by atoms with E-state index in [1.807, 2.05) is 36.4 Å². The third-order valence-electron chi connectivity index (χ3n) is 4.08. The van der Waals surface area contributed by atoms with E-state index in [-0.39, 0.29) is 6.42 Å². The molecule has 2 rings (SSSR count). The normalized spacial score (nSPS) is 12.8. The number of rotatable bonds is 8. The lowest BCUT2D eigenvalue weighted by Crippen LogP contribution is -2.43. The van der Waals surface area contributed by atoms with Crippen LogP contribution >= 0.6 is 0 Å². The van der Waals surface area contributed by atoms with Gasteiger partial charge in [-0.05, 0) is 36.6 Å². The molecule has 2 amide bonds. The summed E-state index contributed by atoms with van der Waals surface area (Å²) in [6.07, 6.45) is 3.97. The van der Waals surface area contributed by atoms with Gasteiger partial charge in [-0.3, -0.25) is 0 Å². The zero-order valence-electron chi connectivity index (χ0n) is 15.8. The minimum Gasteiger partial charge on any atom is -0.467 e. The van der Waals surface area contributed by atoms with Crippen LogP contribution in [0.2, 0.25) is 0 Å². The number of ether oxygens (including phenoxy) is 1. The lowest BCUT2D eigenvalue weighted by atomic mass is 10.1. The standard InChI is InChI=1S/C21H23N3O4/c1-15(24-27)17-11-13-18(14-12-17)22-21(26)23-19(20(25)28-2)10-6-9-16-7-4-3-5-8-16/h3-9,11-15,19H,10H2,1-2H3,(H2,22,23,26). The first-order chi connectivity index (χ1) is 13.5. The van der Waals surface area contributed by atoms with Gasteiger partial charge in [0.25, 0.3) is 0 Å². The van der Waals surface area contributed by atoms with Crippen molar-refractivity contribution in [1.29, 1.82) is 0 Å². The first-order valence-electron chi connectivity index (χ1n) is 8.83. The van der Waals surface area contributed by atoms with Crippen LogP contribution in [0.3, 0.4) is 0 Å². The van der Waals surface area contributed by atoms with E-state index in [0.29, 0.717) is 5.69 Å². The van der Waals surface area contributed by atoms with Crippen molar-refractivity contribution in [2.75, 3.05) is 12.4 Å². The van der Waals surface area contributed by atoms with Gasteiger partial charge in [0.1, 0.15) is 12.1 Å². The van der Waals surface area contributed by atoms with Gasteiger partial charge in [0.05, 0.1) is 7.11 Å². The molecule has 7 nitrogen and oxygen atoms in total. The Morgan fingerprint density at radius 3 is 2.39 bits per heavy atom. The third kappa shape index (κ3) is 6.35. The minimum atomic E-state index is -0.816. The molecule has 2 aromatic carbocycles. The number of amides is 2. The molecular formula is C21H23N3O4. The number of nitrogens with one attached hydrogen (secondary N) is 2. The number of nitroso groups, excluding NO2 is 1. The smallest absolute Gasteiger partial charge is 0.328 e. The molecule has 0 aliphatic carbocycles. The maximum Gasteiger partial charge on any atom is 0.328 e. The summed E-state index contributed by atoms with van der Waals surface area (Å²) in [5.74, 6) is -0.533. The number of hydrogen-bond donors (Lipinski definition) is 2. The number of anilines is 1. The van der Waals surface area contributed by atoms with E-state index in [0.717, 1.165) is 11.1 Å². The van der Waals surface area contributed by atoms with Gasteiger partial charge in [0.2, 0.25) is 0 Å². The molecule has 2 aromatic rings. The largest absolute Gasteiger partial charge is 0.467 e. The molecule has 0 aromatic heterocycles. The fourth-order valence-corrected chi connectivity index (χ4v) is 2.49. The summed E-state index contributed by atoms with van der Waals surface area (Å²) in [6.45, 7) is 1.69. The van der Waals surface area contributed by atoms with Crippen LogP contribution in [0.5, 0.6) is 0 Å². The van der Waals surface area contributed by atoms with Crippen molar-refractivity contribution in [2.45, 2.75) is 25.4 Å². The summed E-state index contributed by atoms with van der Waals surface area (Å²) in [5, 5.41) is 8.22. The van der Waals surface area contributed by atoms with Crippen LogP contribution in [0, 0.1) is 4.91 Å². The lowest BCUT2D eigenvalue weighted by molar-refractivity contribution is -0.142. The molecular weight excluding hydrogens is 358 g/mol. The predicted octanol–water partition coefficient (Wildman–Crippen LogP) is 4.28. The Labute approximate surface area is 163 Å². The Hall–Kier alpha value is -3.48. The number of carbonyl (C=O) groups is 2. The van der Waals surface area contributed by atoms with Crippen LogP contribution in [-0.4, -0.2) is 25.2 Å². The quantitative estimate of drug-likeness (QED) is 0.527. The van der Waals surface area contributed by atoms with E-state index < -0.39 is 24.1 Å². The first-order valence-corrected chi connectivity index (χ1v) is 8.83. The Morgan fingerprint density at radius 1 is 1.11 bits per heavy atom. The second-order valence-corrected chi connectivity index (χ2v) is 6.13. The molecule has 0 heterocycles. The summed E-state index contributed by atoms with van der Waals surface area (Å²) in [6, 6.07) is 14.6. The van der Waals surface area contributed by atoms with Crippen LogP contribution in [0.1, 0.15) is 30.5 Å². The highest BCUT2D eigenvalue weighted by Crippen LogP contribution is 2.18. The van der Waals surface area contributed by atoms with Gasteiger partial charge in [-0.25, -0.2) is 9.59 Å². The second-order valence-electron chi connectivity index (χ2n) is 6.13. The third-order valence-corrected chi connectivity index (χ3v) is 4.08. The van der Waals surface area contributed by atoms with Gasteiger partial charge in [-0.15, -0.1) is 0 Å². The molecule has 2 atom stereocenters. The molecule has 0 fully saturated rings. The van der Waals surface area contributed by atoms with E-state index in [1.165, 1.54) is 7.11 Å². The summed E-state index contributed by atoms with van der Waals surface area (Å²) in [5.41, 5.74) is 2.27. The molecule has 2 unspecified atom stereocenters. The monoisotopic (exact) mass is 381 g/mol. The van der Waals surface area contributed by atoms with E-state index in [1.54, 1.807) is 37.3 Å². The number of carbonyl (C=O) groups excluding carboxylic acids is 2. The van der Waals surface area contributed by atoms with Gasteiger partial charge >= 0.3 is 12.0 Å². The molecule has 28 heavy (non-hydrogen) atoms. The topological polar surface area (TPSA) is 96.9 Å². The molecule has 0 saturated carbocycles. The van der Waals surface area contributed by atoms with Crippen molar-refractivity contribution in [1.82, 2.24) is 5.32 Å². The molecule has 0 radical (unpaired) electrons. The maximum absolute atomic E-state index is 12.2. The molecule has 0 aliphatic heterocycles. The molecule has 2 N–H and O–H groups in total. The molecule has 0 bridgehead atoms. The van der Waals surface area contributed by atoms with E-state index >= 15 is 0 Å². The van der Waals surface area contributed by atoms with Gasteiger partial charge in [0.15, 0.2) is 0 Å². The average molecular weight is 381 g/mol. The zero-order chi connectivity index (χ0) is 20.4. The summed E-state index contributed by atoms with van der Waals surface area (Å²) < 4.78 is 4.77. The maximum atomic E-state index is 12.2. The Morgan fingerprint density at radius 2 is 1.79 bits per heavy atom. The Bertz CT molecular complexity index is 819. The van der Waals surface area contributed by atoms with Crippen molar-refractivity contribution in [3.63, 3.8) is 0 Å². The average Bonchev–Trinajstić information content (AvgIpc) is 2.73. The van der Waals surface area contributed by atoms with Gasteiger partial charge in [-0.2, -0.15) is 4.91 Å². The number of benzene rings is 2. The molecule has 0 saturated heterocycles. The number of methoxy groups -OCH3 is 1. The van der Waals surface area contributed by atoms with Crippen molar-refractivity contribution in [3.8, 4) is 0 Å². The molecule has 146 valence electrons. The van der Waals surface area contributed by atoms with Gasteiger partial charge in [-0.1, -0.05) is 59.8 Å². The summed E-state index contributed by atoms with van der Waals surface area (Å²) in [4.78, 5) is 34.8. The fraction of sp³-hybridized carbons (Fsp3) is 0.238. The van der Waals surface area contributed by atoms with Crippen LogP contribution < -0.4 is 10.6 Å². The highest BCUT2D eigenvalue weighted by molar-refractivity contribution is 5.92. The number of urea groups is 1. The minimum absolute atomic E-state index is 0.288. The summed E-state index contributed by atoms with van der Waals surface area (Å²) in [7, 11) is 1.27. The van der Waals surface area contributed by atoms with E-state index in [2.05, 4.69) is 15.8 Å². The lowest BCUT2D eigenvalue weighted by Gasteiger charge is -2.15. The number of esters is 1. The molecule has 0 spiro atoms. The van der Waals surface area contributed by atoms with Gasteiger partial charge < -0.3 is 15.4 Å². The molecule has 7 heteroatoms. The number of nitrogens with zero attached hydrogens (tertiary/aromatic N) is 1. The van der Waals surface area contributed by atoms with Crippen LogP contribution in [0.15, 0.2) is 65.9 Å². The second kappa shape index (κ2) is 10.6. The van der Waals surface area contributed by atoms with E-state index in [4.69, 9.17) is 4.74 Å². The van der Waals surface area contributed by atoms with Crippen molar-refractivity contribution in [3.05, 3.63) is 76.7 Å². The SMILES string of the molecule is COC(=O)C(CC=Cc1ccccc1)NC(=O)Nc1ccc(C(C)N=O)cc1. The molecule has 0 aliphatic rings. The summed E-state index contributed by atoms with van der Waals surface area (Å²) >= 11 is 0. The van der Waals surface area contributed by atoms with Crippen molar-refractivity contribution < 1.29 is 14.3 Å². The predicted molar refractivity (Wildman–Crippen MR) is 109 cm³/mol. The number of hydrogen-bond acceptors (Lipinski definition) is 5. The Balaban J connectivity index is 1.95. The first kappa shape index (κ1) is 20.8. The zero-order valence-corrected chi connectivity index (χ0v) is 15.8. The fourth-order valence-electron chi connectivity index (χ4n) is 2.49. The highest BCUT2D eigenvalue weighted by Gasteiger charge is 2.20. The Kier molecular flexibility index (Phi) is 7.90. The van der Waals surface area contributed by atoms with Gasteiger partial charge in [0, 0.05) is 5.69 Å². The van der Waals surface area contributed by atoms with E-state index in [9.17, 15) is 14.5 Å². The van der Waals surface area contributed by atoms with Crippen LogP contribution in [0.4, 0.5) is 10.5 Å². The van der Waals surface area contributed by atoms with Crippen molar-refractivity contribution in [2.24, 2.45) is 5.18 Å². The van der Waals surface area contributed by atoms with Crippen molar-refractivity contribution >= 4 is 23.8 Å². The highest BCUT2D eigenvalue weighted by atomic mass is 16.5. The van der Waals surface area contributed by atoms with Crippen LogP contribution in [0.25, 0.3) is 6.08 Å². The van der Waals surface area contributed by atoms with Crippen LogP contribution in [-0.2, 0) is 9.53 Å².